The van der Waals surface area contributed by atoms with Crippen LogP contribution in [0.4, 0.5) is 0 Å². The number of rotatable bonds is 7. The van der Waals surface area contributed by atoms with Crippen molar-refractivity contribution >= 4 is 18.3 Å². The zero-order chi connectivity index (χ0) is 16.9. The number of amides is 1. The minimum atomic E-state index is -0.642. The number of halogens is 1. The first-order chi connectivity index (χ1) is 11.0. The maximum atomic E-state index is 12.1. The summed E-state index contributed by atoms with van der Waals surface area (Å²) in [6.45, 7) is 4.07. The largest absolute Gasteiger partial charge is 0.380 e. The van der Waals surface area contributed by atoms with Gasteiger partial charge < -0.3 is 15.8 Å². The summed E-state index contributed by atoms with van der Waals surface area (Å²) in [5.74, 6) is -0.137. The molecule has 0 aliphatic carbocycles. The Labute approximate surface area is 148 Å². The second kappa shape index (κ2) is 8.77. The van der Waals surface area contributed by atoms with Crippen LogP contribution in [0, 0.1) is 0 Å². The van der Waals surface area contributed by atoms with Crippen molar-refractivity contribution in [3.8, 4) is 5.69 Å². The molecule has 0 saturated carbocycles. The van der Waals surface area contributed by atoms with Crippen molar-refractivity contribution in [3.05, 3.63) is 42.2 Å². The second-order valence-electron chi connectivity index (χ2n) is 5.85. The van der Waals surface area contributed by atoms with Gasteiger partial charge in [0.1, 0.15) is 5.69 Å². The number of nitrogens with zero attached hydrogens (tertiary/aromatic N) is 3. The molecule has 1 aromatic carbocycles. The van der Waals surface area contributed by atoms with Crippen LogP contribution in [0.25, 0.3) is 5.69 Å². The topological polar surface area (TPSA) is 95.1 Å². The molecule has 0 spiro atoms. The zero-order valence-corrected chi connectivity index (χ0v) is 14.9. The Kier molecular flexibility index (Phi) is 7.34. The molecule has 1 aromatic heterocycles. The van der Waals surface area contributed by atoms with Crippen LogP contribution in [0.3, 0.4) is 0 Å². The zero-order valence-electron chi connectivity index (χ0n) is 14.1. The van der Waals surface area contributed by atoms with E-state index in [1.54, 1.807) is 11.8 Å². The van der Waals surface area contributed by atoms with Crippen molar-refractivity contribution in [3.63, 3.8) is 0 Å². The molecule has 0 aliphatic rings. The third kappa shape index (κ3) is 5.02. The van der Waals surface area contributed by atoms with Gasteiger partial charge >= 0.3 is 0 Å². The molecular weight excluding hydrogens is 330 g/mol. The summed E-state index contributed by atoms with van der Waals surface area (Å²) in [7, 11) is 1.54. The van der Waals surface area contributed by atoms with E-state index in [1.807, 2.05) is 50.4 Å². The quantitative estimate of drug-likeness (QED) is 0.784. The Morgan fingerprint density at radius 2 is 2.04 bits per heavy atom. The lowest BCUT2D eigenvalue weighted by atomic mass is 10.0. The molecule has 0 bridgehead atoms. The third-order valence-corrected chi connectivity index (χ3v) is 3.62. The van der Waals surface area contributed by atoms with Crippen LogP contribution in [-0.4, -0.2) is 40.7 Å². The van der Waals surface area contributed by atoms with E-state index in [9.17, 15) is 4.79 Å². The molecule has 1 unspecified atom stereocenters. The number of ether oxygens (including phenoxy) is 1. The van der Waals surface area contributed by atoms with E-state index < -0.39 is 5.54 Å². The summed E-state index contributed by atoms with van der Waals surface area (Å²) in [5.41, 5.74) is 6.49. The summed E-state index contributed by atoms with van der Waals surface area (Å²) in [4.78, 5) is 12.1. The van der Waals surface area contributed by atoms with Gasteiger partial charge in [-0.25, -0.2) is 4.68 Å². The first-order valence-electron chi connectivity index (χ1n) is 7.48. The first-order valence-corrected chi connectivity index (χ1v) is 7.48. The van der Waals surface area contributed by atoms with Gasteiger partial charge in [-0.1, -0.05) is 23.4 Å². The number of para-hydroxylation sites is 1. The van der Waals surface area contributed by atoms with Crippen LogP contribution < -0.4 is 11.1 Å². The van der Waals surface area contributed by atoms with Gasteiger partial charge in [-0.3, -0.25) is 4.79 Å². The molecule has 2 rings (SSSR count). The highest BCUT2D eigenvalue weighted by Crippen LogP contribution is 2.19. The summed E-state index contributed by atoms with van der Waals surface area (Å²) in [6.07, 6.45) is 1.74. The van der Waals surface area contributed by atoms with Gasteiger partial charge in [0, 0.05) is 13.7 Å². The van der Waals surface area contributed by atoms with Gasteiger partial charge in [0.2, 0.25) is 5.91 Å². The summed E-state index contributed by atoms with van der Waals surface area (Å²) in [5, 5.41) is 11.2. The molecule has 8 heteroatoms. The number of nitrogens with two attached hydrogens (primary N) is 1. The SMILES string of the molecule is COC(CN)CC(=O)NC(C)(C)c1cn(-c2ccccc2)nn1.Cl. The highest BCUT2D eigenvalue weighted by Gasteiger charge is 2.27. The van der Waals surface area contributed by atoms with E-state index in [-0.39, 0.29) is 30.8 Å². The Morgan fingerprint density at radius 3 is 2.62 bits per heavy atom. The number of hydrogen-bond donors (Lipinski definition) is 2. The molecule has 0 aliphatic heterocycles. The van der Waals surface area contributed by atoms with Gasteiger partial charge in [-0.15, -0.1) is 17.5 Å². The van der Waals surface area contributed by atoms with Crippen LogP contribution in [0.15, 0.2) is 36.5 Å². The summed E-state index contributed by atoms with van der Waals surface area (Å²) < 4.78 is 6.82. The fourth-order valence-electron chi connectivity index (χ4n) is 2.19. The number of carbonyl (C=O) groups excluding carboxylic acids is 1. The maximum absolute atomic E-state index is 12.1. The molecular formula is C16H24ClN5O2. The molecule has 24 heavy (non-hydrogen) atoms. The van der Waals surface area contributed by atoms with Gasteiger partial charge in [0.05, 0.1) is 29.9 Å². The standard InChI is InChI=1S/C16H23N5O2.ClH/c1-16(2,18-15(22)9-13(10-17)23-3)14-11-21(20-19-14)12-7-5-4-6-8-12;/h4-8,11,13H,9-10,17H2,1-3H3,(H,18,22);1H. The first kappa shape index (κ1) is 20.1. The number of carbonyl (C=O) groups is 1. The van der Waals surface area contributed by atoms with E-state index in [2.05, 4.69) is 15.6 Å². The molecule has 0 radical (unpaired) electrons. The van der Waals surface area contributed by atoms with Crippen LogP contribution in [-0.2, 0) is 15.1 Å². The number of aromatic nitrogens is 3. The third-order valence-electron chi connectivity index (χ3n) is 3.62. The average molecular weight is 354 g/mol. The monoisotopic (exact) mass is 353 g/mol. The number of benzene rings is 1. The highest BCUT2D eigenvalue weighted by atomic mass is 35.5. The van der Waals surface area contributed by atoms with E-state index in [1.165, 1.54) is 0 Å². The van der Waals surface area contributed by atoms with Gasteiger partial charge in [-0.05, 0) is 26.0 Å². The van der Waals surface area contributed by atoms with Crippen LogP contribution in [0.1, 0.15) is 26.0 Å². The Morgan fingerprint density at radius 1 is 1.38 bits per heavy atom. The fourth-order valence-corrected chi connectivity index (χ4v) is 2.19. The van der Waals surface area contributed by atoms with Gasteiger partial charge in [0.25, 0.3) is 0 Å². The summed E-state index contributed by atoms with van der Waals surface area (Å²) in [6, 6.07) is 9.68. The summed E-state index contributed by atoms with van der Waals surface area (Å²) >= 11 is 0. The molecule has 0 fully saturated rings. The molecule has 2 aromatic rings. The van der Waals surface area contributed by atoms with Crippen molar-refractivity contribution in [2.45, 2.75) is 31.9 Å². The van der Waals surface area contributed by atoms with E-state index >= 15 is 0 Å². The number of hydrogen-bond acceptors (Lipinski definition) is 5. The maximum Gasteiger partial charge on any atom is 0.223 e. The van der Waals surface area contributed by atoms with Crippen LogP contribution in [0.5, 0.6) is 0 Å². The lowest BCUT2D eigenvalue weighted by Gasteiger charge is -2.24. The van der Waals surface area contributed by atoms with Crippen molar-refractivity contribution in [1.82, 2.24) is 20.3 Å². The Balaban J connectivity index is 0.00000288. The fraction of sp³-hybridized carbons (Fsp3) is 0.438. The van der Waals surface area contributed by atoms with Crippen molar-refractivity contribution < 1.29 is 9.53 Å². The molecule has 3 N–H and O–H groups in total. The molecule has 0 saturated heterocycles. The molecule has 1 amide bonds. The predicted octanol–water partition coefficient (Wildman–Crippen LogP) is 1.40. The smallest absolute Gasteiger partial charge is 0.223 e. The van der Waals surface area contributed by atoms with Gasteiger partial charge in [-0.2, -0.15) is 0 Å². The normalized spacial score (nSPS) is 12.3. The van der Waals surface area contributed by atoms with E-state index in [4.69, 9.17) is 10.5 Å². The molecule has 7 nitrogen and oxygen atoms in total. The van der Waals surface area contributed by atoms with Crippen LogP contribution in [0.2, 0.25) is 0 Å². The molecule has 1 heterocycles. The average Bonchev–Trinajstić information content (AvgIpc) is 3.04. The lowest BCUT2D eigenvalue weighted by molar-refractivity contribution is -0.125. The number of nitrogens with one attached hydrogen (secondary N) is 1. The van der Waals surface area contributed by atoms with Crippen molar-refractivity contribution in [2.75, 3.05) is 13.7 Å². The highest BCUT2D eigenvalue weighted by molar-refractivity contribution is 5.85. The minimum Gasteiger partial charge on any atom is -0.380 e. The van der Waals surface area contributed by atoms with Crippen LogP contribution >= 0.6 is 12.4 Å². The number of methoxy groups -OCH3 is 1. The Bertz CT molecular complexity index is 641. The van der Waals surface area contributed by atoms with E-state index in [0.717, 1.165) is 5.69 Å². The predicted molar refractivity (Wildman–Crippen MR) is 94.2 cm³/mol. The second-order valence-corrected chi connectivity index (χ2v) is 5.85. The lowest BCUT2D eigenvalue weighted by Crippen LogP contribution is -2.43. The van der Waals surface area contributed by atoms with Crippen molar-refractivity contribution in [2.24, 2.45) is 5.73 Å². The van der Waals surface area contributed by atoms with Crippen molar-refractivity contribution in [1.29, 1.82) is 0 Å². The Hall–Kier alpha value is -1.96. The molecule has 132 valence electrons. The van der Waals surface area contributed by atoms with E-state index in [0.29, 0.717) is 12.2 Å². The molecule has 1 atom stereocenters. The minimum absolute atomic E-state index is 0. The van der Waals surface area contributed by atoms with Gasteiger partial charge in [0.15, 0.2) is 0 Å².